The van der Waals surface area contributed by atoms with Gasteiger partial charge >= 0.3 is 16.6 Å². The lowest BCUT2D eigenvalue weighted by molar-refractivity contribution is 0.427. The van der Waals surface area contributed by atoms with Gasteiger partial charge in [-0.1, -0.05) is 144 Å². The van der Waals surface area contributed by atoms with E-state index in [1.807, 2.05) is 97.1 Å². The SMILES string of the molecule is CO[Si](C#Cc1ccc(C#C[Si](OC)(c2ccccc2)c2ccccc2)cc1)(c1ccccc1)c1ccccc1. The van der Waals surface area contributed by atoms with Crippen LogP contribution in [0.2, 0.25) is 0 Å². The van der Waals surface area contributed by atoms with Gasteiger partial charge in [-0.25, -0.2) is 0 Å². The minimum atomic E-state index is -2.74. The second-order valence-corrected chi connectivity index (χ2v) is 15.7. The van der Waals surface area contributed by atoms with Crippen molar-refractivity contribution >= 4 is 37.4 Å². The molecule has 194 valence electrons. The summed E-state index contributed by atoms with van der Waals surface area (Å²) in [7, 11) is -1.94. The second kappa shape index (κ2) is 12.6. The van der Waals surface area contributed by atoms with Gasteiger partial charge in [0.05, 0.1) is 0 Å². The molecule has 0 saturated heterocycles. The van der Waals surface area contributed by atoms with Gasteiger partial charge in [0, 0.05) is 25.3 Å². The molecule has 40 heavy (non-hydrogen) atoms. The molecule has 0 aromatic heterocycles. The summed E-state index contributed by atoms with van der Waals surface area (Å²) in [6.07, 6.45) is 0. The Kier molecular flexibility index (Phi) is 8.57. The topological polar surface area (TPSA) is 18.5 Å². The first-order chi connectivity index (χ1) is 19.7. The van der Waals surface area contributed by atoms with E-state index in [4.69, 9.17) is 8.85 Å². The Morgan fingerprint density at radius 2 is 0.625 bits per heavy atom. The highest BCUT2D eigenvalue weighted by Gasteiger charge is 2.38. The third-order valence-electron chi connectivity index (χ3n) is 6.98. The van der Waals surface area contributed by atoms with Crippen LogP contribution in [-0.2, 0) is 8.85 Å². The Morgan fingerprint density at radius 3 is 0.850 bits per heavy atom. The molecule has 0 aliphatic rings. The molecule has 0 fully saturated rings. The fourth-order valence-corrected chi connectivity index (χ4v) is 10.5. The zero-order valence-electron chi connectivity index (χ0n) is 22.7. The van der Waals surface area contributed by atoms with Gasteiger partial charge in [-0.05, 0) is 45.0 Å². The van der Waals surface area contributed by atoms with E-state index in [1.54, 1.807) is 14.2 Å². The van der Waals surface area contributed by atoms with Gasteiger partial charge in [0.2, 0.25) is 0 Å². The van der Waals surface area contributed by atoms with Crippen LogP contribution in [0.25, 0.3) is 0 Å². The summed E-state index contributed by atoms with van der Waals surface area (Å²) in [5.41, 5.74) is 9.00. The molecule has 0 radical (unpaired) electrons. The van der Waals surface area contributed by atoms with Crippen molar-refractivity contribution in [3.05, 3.63) is 157 Å². The van der Waals surface area contributed by atoms with Crippen LogP contribution >= 0.6 is 0 Å². The molecule has 0 amide bonds. The summed E-state index contributed by atoms with van der Waals surface area (Å²) >= 11 is 0. The van der Waals surface area contributed by atoms with Crippen molar-refractivity contribution in [2.24, 2.45) is 0 Å². The second-order valence-electron chi connectivity index (χ2n) is 9.31. The van der Waals surface area contributed by atoms with Gasteiger partial charge in [-0.15, -0.1) is 0 Å². The normalized spacial score (nSPS) is 11.1. The van der Waals surface area contributed by atoms with Gasteiger partial charge in [-0.2, -0.15) is 0 Å². The Balaban J connectivity index is 1.50. The van der Waals surface area contributed by atoms with Crippen LogP contribution in [-0.4, -0.2) is 30.9 Å². The summed E-state index contributed by atoms with van der Waals surface area (Å²) in [6, 6.07) is 49.5. The molecule has 4 heteroatoms. The Bertz CT molecular complexity index is 1440. The van der Waals surface area contributed by atoms with E-state index >= 15 is 0 Å². The molecule has 0 atom stereocenters. The number of rotatable bonds is 6. The smallest absolute Gasteiger partial charge is 0.337 e. The van der Waals surface area contributed by atoms with Crippen LogP contribution in [0.4, 0.5) is 0 Å². The van der Waals surface area contributed by atoms with Crippen LogP contribution in [0.5, 0.6) is 0 Å². The molecule has 0 saturated carbocycles. The van der Waals surface area contributed by atoms with Crippen LogP contribution in [0.1, 0.15) is 11.1 Å². The van der Waals surface area contributed by atoms with Crippen molar-refractivity contribution in [2.45, 2.75) is 0 Å². The zero-order chi connectivity index (χ0) is 27.7. The molecule has 5 aromatic rings. The van der Waals surface area contributed by atoms with E-state index in [9.17, 15) is 0 Å². The molecule has 0 unspecified atom stereocenters. The molecule has 2 nitrogen and oxygen atoms in total. The average Bonchev–Trinajstić information content (AvgIpc) is 3.05. The summed E-state index contributed by atoms with van der Waals surface area (Å²) in [5.74, 6) is 6.84. The Morgan fingerprint density at radius 1 is 0.375 bits per heavy atom. The van der Waals surface area contributed by atoms with Crippen molar-refractivity contribution in [3.63, 3.8) is 0 Å². The molecule has 0 spiro atoms. The van der Waals surface area contributed by atoms with Gasteiger partial charge in [0.15, 0.2) is 0 Å². The molecule has 0 aliphatic heterocycles. The standard InChI is InChI=1S/C36H30O2Si2/c1-37-39(33-15-7-3-8-16-33,34-17-9-4-10-18-34)29-27-31-23-25-32(26-24-31)28-30-40(38-2,35-19-11-5-12-20-35)36-21-13-6-14-22-36/h3-26H,1-2H3. The number of hydrogen-bond donors (Lipinski definition) is 0. The predicted octanol–water partition coefficient (Wildman–Crippen LogP) is 4.28. The summed E-state index contributed by atoms with van der Waals surface area (Å²) in [4.78, 5) is 0. The molecular formula is C36H30O2Si2. The van der Waals surface area contributed by atoms with Crippen molar-refractivity contribution in [1.82, 2.24) is 0 Å². The lowest BCUT2D eigenvalue weighted by atomic mass is 10.1. The van der Waals surface area contributed by atoms with Crippen molar-refractivity contribution < 1.29 is 8.85 Å². The quantitative estimate of drug-likeness (QED) is 0.232. The first-order valence-corrected chi connectivity index (χ1v) is 17.0. The molecule has 0 heterocycles. The van der Waals surface area contributed by atoms with E-state index in [1.165, 1.54) is 0 Å². The molecule has 0 N–H and O–H groups in total. The molecule has 5 rings (SSSR count). The molecule has 5 aromatic carbocycles. The molecule has 0 aliphatic carbocycles. The monoisotopic (exact) mass is 550 g/mol. The third kappa shape index (κ3) is 5.63. The molecule has 0 bridgehead atoms. The Hall–Kier alpha value is -4.43. The van der Waals surface area contributed by atoms with Crippen LogP contribution < -0.4 is 20.7 Å². The van der Waals surface area contributed by atoms with E-state index < -0.39 is 16.6 Å². The lowest BCUT2D eigenvalue weighted by Gasteiger charge is -2.25. The van der Waals surface area contributed by atoms with Gasteiger partial charge < -0.3 is 8.85 Å². The maximum Gasteiger partial charge on any atom is 0.337 e. The van der Waals surface area contributed by atoms with E-state index in [2.05, 4.69) is 71.5 Å². The maximum absolute atomic E-state index is 6.26. The predicted molar refractivity (Wildman–Crippen MR) is 170 cm³/mol. The van der Waals surface area contributed by atoms with E-state index in [-0.39, 0.29) is 0 Å². The van der Waals surface area contributed by atoms with Crippen LogP contribution in [0.15, 0.2) is 146 Å². The fraction of sp³-hybridized carbons (Fsp3) is 0.0556. The fourth-order valence-electron chi connectivity index (χ4n) is 4.84. The van der Waals surface area contributed by atoms with Gasteiger partial charge in [0.1, 0.15) is 0 Å². The summed E-state index contributed by atoms with van der Waals surface area (Å²) in [6.45, 7) is 0. The van der Waals surface area contributed by atoms with Crippen LogP contribution in [0.3, 0.4) is 0 Å². The highest BCUT2D eigenvalue weighted by Crippen LogP contribution is 2.10. The average molecular weight is 551 g/mol. The zero-order valence-corrected chi connectivity index (χ0v) is 24.7. The first-order valence-electron chi connectivity index (χ1n) is 13.2. The van der Waals surface area contributed by atoms with Crippen molar-refractivity contribution in [2.75, 3.05) is 14.2 Å². The summed E-state index contributed by atoms with van der Waals surface area (Å²) < 4.78 is 12.5. The Labute approximate surface area is 239 Å². The van der Waals surface area contributed by atoms with Gasteiger partial charge in [0.25, 0.3) is 0 Å². The first kappa shape index (κ1) is 27.2. The lowest BCUT2D eigenvalue weighted by Crippen LogP contribution is -2.59. The van der Waals surface area contributed by atoms with Crippen molar-refractivity contribution in [1.29, 1.82) is 0 Å². The number of benzene rings is 5. The minimum absolute atomic E-state index is 0.924. The van der Waals surface area contributed by atoms with Crippen molar-refractivity contribution in [3.8, 4) is 22.9 Å². The van der Waals surface area contributed by atoms with Crippen LogP contribution in [0, 0.1) is 22.9 Å². The molecular weight excluding hydrogens is 521 g/mol. The summed E-state index contributed by atoms with van der Waals surface area (Å²) in [5, 5.41) is 4.51. The highest BCUT2D eigenvalue weighted by atomic mass is 28.4. The number of hydrogen-bond acceptors (Lipinski definition) is 2. The largest absolute Gasteiger partial charge is 0.402 e. The van der Waals surface area contributed by atoms with Gasteiger partial charge in [-0.3, -0.25) is 0 Å². The van der Waals surface area contributed by atoms with E-state index in [0.717, 1.165) is 31.9 Å². The minimum Gasteiger partial charge on any atom is -0.402 e. The third-order valence-corrected chi connectivity index (χ3v) is 13.7. The maximum atomic E-state index is 6.26. The highest BCUT2D eigenvalue weighted by molar-refractivity contribution is 7.04. The van der Waals surface area contributed by atoms with E-state index in [0.29, 0.717) is 0 Å².